The molecule has 1 aliphatic carbocycles. The molecule has 1 atom stereocenters. The van der Waals surface area contributed by atoms with E-state index in [9.17, 15) is 4.79 Å². The second-order valence-electron chi connectivity index (χ2n) is 7.25. The number of aromatic nitrogens is 4. The fourth-order valence-corrected chi connectivity index (χ4v) is 3.88. The molecule has 0 spiro atoms. The van der Waals surface area contributed by atoms with Gasteiger partial charge in [0.05, 0.1) is 18.2 Å². The van der Waals surface area contributed by atoms with E-state index in [1.165, 1.54) is 5.56 Å². The zero-order valence-corrected chi connectivity index (χ0v) is 15.9. The van der Waals surface area contributed by atoms with Gasteiger partial charge < -0.3 is 15.0 Å². The van der Waals surface area contributed by atoms with E-state index in [4.69, 9.17) is 14.7 Å². The standard InChI is InChI=1S/C19H26N6O2/c1-3-27-18(26)13-6-5-9-25(11-13)19-20-15-8-4-7-14(15)17(22-19)21-16-10-12(2)23-24-16/h10,13H,3-9,11H2,1-2H3,(H2,20,21,22,23,24). The minimum atomic E-state index is -0.117. The molecule has 0 saturated carbocycles. The SMILES string of the molecule is CCOC(=O)C1CCCN(c2nc3c(c(Nc4cc(C)[nH]n4)n2)CCC3)C1. The van der Waals surface area contributed by atoms with Gasteiger partial charge in [-0.1, -0.05) is 0 Å². The van der Waals surface area contributed by atoms with Gasteiger partial charge in [0.15, 0.2) is 5.82 Å². The largest absolute Gasteiger partial charge is 0.466 e. The van der Waals surface area contributed by atoms with Crippen LogP contribution in [0.5, 0.6) is 0 Å². The monoisotopic (exact) mass is 370 g/mol. The van der Waals surface area contributed by atoms with Gasteiger partial charge in [0, 0.05) is 30.4 Å². The summed E-state index contributed by atoms with van der Waals surface area (Å²) in [7, 11) is 0. The molecule has 2 N–H and O–H groups in total. The lowest BCUT2D eigenvalue weighted by atomic mass is 9.98. The van der Waals surface area contributed by atoms with E-state index in [0.717, 1.165) is 61.7 Å². The summed E-state index contributed by atoms with van der Waals surface area (Å²) in [5, 5.41) is 10.6. The number of aromatic amines is 1. The van der Waals surface area contributed by atoms with Crippen molar-refractivity contribution in [2.45, 2.75) is 46.0 Å². The van der Waals surface area contributed by atoms with Crippen molar-refractivity contribution in [3.63, 3.8) is 0 Å². The summed E-state index contributed by atoms with van der Waals surface area (Å²) >= 11 is 0. The van der Waals surface area contributed by atoms with Crippen molar-refractivity contribution in [2.75, 3.05) is 29.9 Å². The second kappa shape index (κ2) is 7.54. The number of anilines is 3. The van der Waals surface area contributed by atoms with Gasteiger partial charge in [-0.05, 0) is 46.0 Å². The molecule has 0 aromatic carbocycles. The Morgan fingerprint density at radius 1 is 1.37 bits per heavy atom. The number of fused-ring (bicyclic) bond motifs is 1. The third-order valence-corrected chi connectivity index (χ3v) is 5.20. The second-order valence-corrected chi connectivity index (χ2v) is 7.25. The summed E-state index contributed by atoms with van der Waals surface area (Å²) in [5.74, 6) is 2.06. The number of nitrogens with one attached hydrogen (secondary N) is 2. The lowest BCUT2D eigenvalue weighted by Gasteiger charge is -2.32. The van der Waals surface area contributed by atoms with Gasteiger partial charge in [0.2, 0.25) is 5.95 Å². The molecule has 0 amide bonds. The van der Waals surface area contributed by atoms with Crippen LogP contribution in [0, 0.1) is 12.8 Å². The van der Waals surface area contributed by atoms with Crippen LogP contribution >= 0.6 is 0 Å². The number of ether oxygens (including phenoxy) is 1. The third-order valence-electron chi connectivity index (χ3n) is 5.20. The lowest BCUT2D eigenvalue weighted by Crippen LogP contribution is -2.40. The Kier molecular flexibility index (Phi) is 4.96. The highest BCUT2D eigenvalue weighted by Gasteiger charge is 2.29. The van der Waals surface area contributed by atoms with Crippen molar-refractivity contribution in [2.24, 2.45) is 5.92 Å². The number of hydrogen-bond donors (Lipinski definition) is 2. The molecule has 1 saturated heterocycles. The molecule has 0 bridgehead atoms. The van der Waals surface area contributed by atoms with E-state index >= 15 is 0 Å². The van der Waals surface area contributed by atoms with Crippen molar-refractivity contribution in [1.29, 1.82) is 0 Å². The molecule has 2 aromatic heterocycles. The molecule has 2 aromatic rings. The van der Waals surface area contributed by atoms with Gasteiger partial charge in [-0.15, -0.1) is 0 Å². The van der Waals surface area contributed by atoms with E-state index in [-0.39, 0.29) is 11.9 Å². The van der Waals surface area contributed by atoms with Gasteiger partial charge in [-0.3, -0.25) is 9.89 Å². The number of esters is 1. The highest BCUT2D eigenvalue weighted by atomic mass is 16.5. The molecule has 3 heterocycles. The van der Waals surface area contributed by atoms with Crippen molar-refractivity contribution >= 4 is 23.6 Å². The summed E-state index contributed by atoms with van der Waals surface area (Å²) in [5.41, 5.74) is 3.28. The molecule has 1 aliphatic heterocycles. The van der Waals surface area contributed by atoms with E-state index < -0.39 is 0 Å². The Bertz CT molecular complexity index is 834. The maximum atomic E-state index is 12.2. The number of hydrogen-bond acceptors (Lipinski definition) is 7. The highest BCUT2D eigenvalue weighted by molar-refractivity contribution is 5.73. The van der Waals surface area contributed by atoms with Crippen molar-refractivity contribution in [1.82, 2.24) is 20.2 Å². The van der Waals surface area contributed by atoms with Crippen molar-refractivity contribution in [3.05, 3.63) is 23.0 Å². The molecule has 2 aliphatic rings. The summed E-state index contributed by atoms with van der Waals surface area (Å²) in [6.45, 7) is 5.70. The normalized spacial score (nSPS) is 19.0. The molecular weight excluding hydrogens is 344 g/mol. The average Bonchev–Trinajstić information content (AvgIpc) is 3.31. The molecule has 8 heteroatoms. The molecule has 1 fully saturated rings. The van der Waals surface area contributed by atoms with Crippen LogP contribution in [0.4, 0.5) is 17.6 Å². The van der Waals surface area contributed by atoms with Gasteiger partial charge in [0.25, 0.3) is 0 Å². The zero-order valence-electron chi connectivity index (χ0n) is 15.9. The van der Waals surface area contributed by atoms with E-state index in [1.807, 2.05) is 19.9 Å². The average molecular weight is 370 g/mol. The van der Waals surface area contributed by atoms with Crippen LogP contribution in [0.2, 0.25) is 0 Å². The van der Waals surface area contributed by atoms with E-state index in [1.54, 1.807) is 0 Å². The van der Waals surface area contributed by atoms with Gasteiger partial charge in [-0.2, -0.15) is 10.1 Å². The van der Waals surface area contributed by atoms with Crippen LogP contribution in [-0.2, 0) is 22.4 Å². The quantitative estimate of drug-likeness (QED) is 0.781. The first-order chi connectivity index (χ1) is 13.1. The predicted molar refractivity (Wildman–Crippen MR) is 102 cm³/mol. The molecular formula is C19H26N6O2. The maximum Gasteiger partial charge on any atom is 0.310 e. The number of piperidine rings is 1. The Hall–Kier alpha value is -2.64. The number of H-pyrrole nitrogens is 1. The number of nitrogens with zero attached hydrogens (tertiary/aromatic N) is 4. The first-order valence-corrected chi connectivity index (χ1v) is 9.74. The summed E-state index contributed by atoms with van der Waals surface area (Å²) in [4.78, 5) is 23.9. The Morgan fingerprint density at radius 3 is 3.04 bits per heavy atom. The van der Waals surface area contributed by atoms with E-state index in [2.05, 4.69) is 20.4 Å². The minimum Gasteiger partial charge on any atom is -0.466 e. The van der Waals surface area contributed by atoms with Crippen molar-refractivity contribution < 1.29 is 9.53 Å². The molecule has 0 radical (unpaired) electrons. The van der Waals surface area contributed by atoms with Gasteiger partial charge >= 0.3 is 5.97 Å². The maximum absolute atomic E-state index is 12.2. The van der Waals surface area contributed by atoms with Crippen molar-refractivity contribution in [3.8, 4) is 0 Å². The first kappa shape index (κ1) is 17.8. The summed E-state index contributed by atoms with van der Waals surface area (Å²) < 4.78 is 5.21. The molecule has 4 rings (SSSR count). The Morgan fingerprint density at radius 2 is 2.26 bits per heavy atom. The fraction of sp³-hybridized carbons (Fsp3) is 0.579. The Labute approximate surface area is 158 Å². The molecule has 27 heavy (non-hydrogen) atoms. The highest BCUT2D eigenvalue weighted by Crippen LogP contribution is 2.31. The molecule has 144 valence electrons. The fourth-order valence-electron chi connectivity index (χ4n) is 3.88. The number of carbonyl (C=O) groups excluding carboxylic acids is 1. The van der Waals surface area contributed by atoms with Crippen LogP contribution < -0.4 is 10.2 Å². The zero-order chi connectivity index (χ0) is 18.8. The number of rotatable bonds is 5. The topological polar surface area (TPSA) is 96.0 Å². The van der Waals surface area contributed by atoms with E-state index in [0.29, 0.717) is 19.1 Å². The van der Waals surface area contributed by atoms with Gasteiger partial charge in [0.1, 0.15) is 5.82 Å². The third kappa shape index (κ3) is 3.74. The van der Waals surface area contributed by atoms with Crippen LogP contribution in [0.3, 0.4) is 0 Å². The molecule has 8 nitrogen and oxygen atoms in total. The number of carbonyl (C=O) groups is 1. The Balaban J connectivity index is 1.59. The van der Waals surface area contributed by atoms with Gasteiger partial charge in [-0.25, -0.2) is 4.98 Å². The van der Waals surface area contributed by atoms with Crippen LogP contribution in [0.1, 0.15) is 43.1 Å². The summed E-state index contributed by atoms with van der Waals surface area (Å²) in [6.07, 6.45) is 4.83. The smallest absolute Gasteiger partial charge is 0.310 e. The molecule has 1 unspecified atom stereocenters. The van der Waals surface area contributed by atoms with Crippen LogP contribution in [-0.4, -0.2) is 45.8 Å². The first-order valence-electron chi connectivity index (χ1n) is 9.74. The number of aryl methyl sites for hydroxylation is 2. The lowest BCUT2D eigenvalue weighted by molar-refractivity contribution is -0.148. The van der Waals surface area contributed by atoms with Crippen LogP contribution in [0.25, 0.3) is 0 Å². The summed E-state index contributed by atoms with van der Waals surface area (Å²) in [6, 6.07) is 1.96. The predicted octanol–water partition coefficient (Wildman–Crippen LogP) is 2.52. The minimum absolute atomic E-state index is 0.110. The van der Waals surface area contributed by atoms with Crippen LogP contribution in [0.15, 0.2) is 6.07 Å².